The molecule has 0 radical (unpaired) electrons. The second-order valence-electron chi connectivity index (χ2n) is 7.07. The van der Waals surface area contributed by atoms with Gasteiger partial charge in [-0.15, -0.1) is 0 Å². The Bertz CT molecular complexity index is 714. The normalized spacial score (nSPS) is 20.7. The number of benzene rings is 1. The van der Waals surface area contributed by atoms with Crippen molar-refractivity contribution in [3.05, 3.63) is 47.4 Å². The molecule has 24 heavy (non-hydrogen) atoms. The summed E-state index contributed by atoms with van der Waals surface area (Å²) >= 11 is 0. The smallest absolute Gasteiger partial charge is 0.222 e. The van der Waals surface area contributed by atoms with Gasteiger partial charge in [0.05, 0.1) is 19.3 Å². The number of hydrogen-bond donors (Lipinski definition) is 1. The van der Waals surface area contributed by atoms with Crippen molar-refractivity contribution < 1.29 is 9.13 Å². The van der Waals surface area contributed by atoms with Crippen molar-refractivity contribution in [2.45, 2.75) is 26.8 Å². The molecule has 0 aliphatic carbocycles. The van der Waals surface area contributed by atoms with Gasteiger partial charge in [-0.05, 0) is 13.0 Å². The average Bonchev–Trinajstić information content (AvgIpc) is 2.65. The van der Waals surface area contributed by atoms with Crippen molar-refractivity contribution in [1.82, 2.24) is 9.97 Å². The van der Waals surface area contributed by atoms with Crippen LogP contribution in [0.25, 0.3) is 0 Å². The highest BCUT2D eigenvalue weighted by Crippen LogP contribution is 2.35. The Kier molecular flexibility index (Phi) is 4.41. The molecular weight excluding hydrogens is 307 g/mol. The topological polar surface area (TPSA) is 64.3 Å². The van der Waals surface area contributed by atoms with E-state index in [0.717, 1.165) is 5.69 Å². The summed E-state index contributed by atoms with van der Waals surface area (Å²) in [6, 6.07) is 8.42. The minimum absolute atomic E-state index is 0.0897. The van der Waals surface area contributed by atoms with Gasteiger partial charge in [-0.2, -0.15) is 4.98 Å². The van der Waals surface area contributed by atoms with Crippen LogP contribution in [0.15, 0.2) is 30.3 Å². The van der Waals surface area contributed by atoms with Gasteiger partial charge in [0.25, 0.3) is 0 Å². The molecule has 0 unspecified atom stereocenters. The Morgan fingerprint density at radius 3 is 2.75 bits per heavy atom. The molecule has 6 heteroatoms. The lowest BCUT2D eigenvalue weighted by Crippen LogP contribution is -2.37. The molecule has 2 aromatic rings. The van der Waals surface area contributed by atoms with Crippen LogP contribution in [0.2, 0.25) is 0 Å². The molecule has 3 rings (SSSR count). The molecule has 1 aromatic heterocycles. The van der Waals surface area contributed by atoms with E-state index in [4.69, 9.17) is 10.5 Å². The Morgan fingerprint density at radius 1 is 1.29 bits per heavy atom. The number of nitrogen functional groups attached to an aromatic ring is 1. The van der Waals surface area contributed by atoms with E-state index >= 15 is 0 Å². The Labute approximate surface area is 141 Å². The van der Waals surface area contributed by atoms with Gasteiger partial charge in [-0.25, -0.2) is 9.37 Å². The van der Waals surface area contributed by atoms with Crippen LogP contribution in [0, 0.1) is 18.2 Å². The van der Waals surface area contributed by atoms with E-state index in [1.165, 1.54) is 6.07 Å². The van der Waals surface area contributed by atoms with Gasteiger partial charge in [0.1, 0.15) is 11.6 Å². The minimum atomic E-state index is -0.262. The van der Waals surface area contributed by atoms with E-state index in [-0.39, 0.29) is 23.2 Å². The first-order valence-electron chi connectivity index (χ1n) is 8.06. The minimum Gasteiger partial charge on any atom is -0.378 e. The second-order valence-corrected chi connectivity index (χ2v) is 7.07. The van der Waals surface area contributed by atoms with Gasteiger partial charge in [0.2, 0.25) is 5.95 Å². The van der Waals surface area contributed by atoms with Crippen LogP contribution in [0.5, 0.6) is 0 Å². The zero-order valence-electron chi connectivity index (χ0n) is 14.3. The van der Waals surface area contributed by atoms with E-state index < -0.39 is 0 Å². The molecule has 0 bridgehead atoms. The summed E-state index contributed by atoms with van der Waals surface area (Å²) in [6.07, 6.45) is 0. The molecule has 0 spiro atoms. The summed E-state index contributed by atoms with van der Waals surface area (Å²) in [4.78, 5) is 10.6. The van der Waals surface area contributed by atoms with Gasteiger partial charge in [0, 0.05) is 29.3 Å². The summed E-state index contributed by atoms with van der Waals surface area (Å²) in [6.45, 7) is 7.81. The maximum atomic E-state index is 14.4. The van der Waals surface area contributed by atoms with Crippen LogP contribution < -0.4 is 10.6 Å². The number of nitrogens with two attached hydrogens (primary N) is 1. The average molecular weight is 330 g/mol. The van der Waals surface area contributed by atoms with Crippen molar-refractivity contribution in [2.75, 3.05) is 30.4 Å². The van der Waals surface area contributed by atoms with E-state index in [2.05, 4.69) is 28.7 Å². The van der Waals surface area contributed by atoms with E-state index in [1.807, 2.05) is 19.1 Å². The van der Waals surface area contributed by atoms with Gasteiger partial charge >= 0.3 is 0 Å². The number of aryl methyl sites for hydroxylation is 1. The number of ether oxygens (including phenoxy) is 1. The van der Waals surface area contributed by atoms with Gasteiger partial charge in [-0.3, -0.25) is 0 Å². The molecule has 2 N–H and O–H groups in total. The summed E-state index contributed by atoms with van der Waals surface area (Å²) in [5.41, 5.74) is 7.13. The van der Waals surface area contributed by atoms with Crippen LogP contribution in [0.3, 0.4) is 0 Å². The zero-order valence-corrected chi connectivity index (χ0v) is 14.3. The Balaban J connectivity index is 2.08. The third kappa shape index (κ3) is 3.48. The summed E-state index contributed by atoms with van der Waals surface area (Å²) in [5.74, 6) is 0.682. The largest absolute Gasteiger partial charge is 0.378 e. The molecule has 1 aliphatic rings. The van der Waals surface area contributed by atoms with Crippen molar-refractivity contribution in [2.24, 2.45) is 5.41 Å². The Hall–Kier alpha value is -2.21. The molecule has 0 amide bonds. The lowest BCUT2D eigenvalue weighted by atomic mass is 9.93. The molecule has 0 saturated carbocycles. The highest BCUT2D eigenvalue weighted by Gasteiger charge is 2.34. The zero-order chi connectivity index (χ0) is 17.3. The van der Waals surface area contributed by atoms with E-state index in [9.17, 15) is 4.39 Å². The van der Waals surface area contributed by atoms with E-state index in [0.29, 0.717) is 31.1 Å². The summed E-state index contributed by atoms with van der Waals surface area (Å²) < 4.78 is 20.3. The van der Waals surface area contributed by atoms with Crippen LogP contribution in [-0.2, 0) is 4.74 Å². The first kappa shape index (κ1) is 16.6. The number of nitrogens with zero attached hydrogens (tertiary/aromatic N) is 3. The Morgan fingerprint density at radius 2 is 2.04 bits per heavy atom. The van der Waals surface area contributed by atoms with E-state index in [1.54, 1.807) is 12.1 Å². The van der Waals surface area contributed by atoms with Gasteiger partial charge in [-0.1, -0.05) is 32.0 Å². The molecule has 128 valence electrons. The van der Waals surface area contributed by atoms with Gasteiger partial charge in [0.15, 0.2) is 0 Å². The first-order chi connectivity index (χ1) is 11.4. The molecule has 1 aromatic carbocycles. The quantitative estimate of drug-likeness (QED) is 0.916. The predicted octanol–water partition coefficient (Wildman–Crippen LogP) is 3.11. The monoisotopic (exact) mass is 330 g/mol. The molecule has 5 nitrogen and oxygen atoms in total. The fourth-order valence-corrected chi connectivity index (χ4v) is 3.12. The van der Waals surface area contributed by atoms with Crippen LogP contribution in [0.1, 0.15) is 31.1 Å². The number of anilines is 2. The fraction of sp³-hybridized carbons (Fsp3) is 0.444. The third-order valence-electron chi connectivity index (χ3n) is 4.16. The molecule has 1 fully saturated rings. The fourth-order valence-electron chi connectivity index (χ4n) is 3.12. The van der Waals surface area contributed by atoms with Crippen molar-refractivity contribution in [3.63, 3.8) is 0 Å². The van der Waals surface area contributed by atoms with Crippen molar-refractivity contribution in [3.8, 4) is 0 Å². The van der Waals surface area contributed by atoms with Crippen molar-refractivity contribution in [1.29, 1.82) is 0 Å². The molecule has 1 atom stereocenters. The molecular formula is C18H23FN4O. The maximum absolute atomic E-state index is 14.4. The number of halogens is 1. The maximum Gasteiger partial charge on any atom is 0.222 e. The SMILES string of the molecule is Cc1cc(N2CC(C)(C)COC[C@H]2c2ccccc2F)nc(N)n1. The number of aromatic nitrogens is 2. The first-order valence-corrected chi connectivity index (χ1v) is 8.06. The summed E-state index contributed by atoms with van der Waals surface area (Å²) in [5, 5.41) is 0. The highest BCUT2D eigenvalue weighted by molar-refractivity contribution is 5.47. The third-order valence-corrected chi connectivity index (χ3v) is 4.16. The second kappa shape index (κ2) is 6.36. The standard InChI is InChI=1S/C18H23FN4O/c1-12-8-16(22-17(20)21-12)23-10-18(2,3)11-24-9-15(23)13-6-4-5-7-14(13)19/h4-8,15H,9-11H2,1-3H3,(H2,20,21,22)/t15-/m0/s1. The van der Waals surface area contributed by atoms with Crippen molar-refractivity contribution >= 4 is 11.8 Å². The molecule has 1 saturated heterocycles. The molecule has 1 aliphatic heterocycles. The van der Waals surface area contributed by atoms with Crippen LogP contribution >= 0.6 is 0 Å². The van der Waals surface area contributed by atoms with Crippen LogP contribution in [-0.4, -0.2) is 29.7 Å². The molecule has 2 heterocycles. The highest BCUT2D eigenvalue weighted by atomic mass is 19.1. The summed E-state index contributed by atoms with van der Waals surface area (Å²) in [7, 11) is 0. The van der Waals surface area contributed by atoms with Gasteiger partial charge < -0.3 is 15.4 Å². The number of hydrogen-bond acceptors (Lipinski definition) is 5. The predicted molar refractivity (Wildman–Crippen MR) is 92.3 cm³/mol. The lowest BCUT2D eigenvalue weighted by Gasteiger charge is -2.34. The lowest BCUT2D eigenvalue weighted by molar-refractivity contribution is 0.0796. The number of rotatable bonds is 2. The van der Waals surface area contributed by atoms with Crippen LogP contribution in [0.4, 0.5) is 16.2 Å².